The van der Waals surface area contributed by atoms with Crippen molar-refractivity contribution in [3.05, 3.63) is 64.1 Å². The summed E-state index contributed by atoms with van der Waals surface area (Å²) in [7, 11) is 0. The molecule has 1 amide bonds. The molecule has 2 fully saturated rings. The summed E-state index contributed by atoms with van der Waals surface area (Å²) in [6, 6.07) is 16.6. The van der Waals surface area contributed by atoms with E-state index in [1.807, 2.05) is 29.2 Å². The monoisotopic (exact) mass is 516 g/mol. The lowest BCUT2D eigenvalue weighted by Crippen LogP contribution is -2.39. The number of nitrogens with zero attached hydrogens (tertiary/aromatic N) is 2. The Hall–Kier alpha value is -1.50. The van der Waals surface area contributed by atoms with Crippen molar-refractivity contribution in [2.75, 3.05) is 26.2 Å². The molecule has 0 bridgehead atoms. The van der Waals surface area contributed by atoms with Gasteiger partial charge in [0.1, 0.15) is 5.75 Å². The summed E-state index contributed by atoms with van der Waals surface area (Å²) >= 11 is 5.25. The van der Waals surface area contributed by atoms with Crippen LogP contribution in [0.3, 0.4) is 0 Å². The van der Waals surface area contributed by atoms with Gasteiger partial charge in [0.2, 0.25) is 0 Å². The highest BCUT2D eigenvalue weighted by Crippen LogP contribution is 2.31. The minimum Gasteiger partial charge on any atom is -0.491 e. The second-order valence-corrected chi connectivity index (χ2v) is 11.3. The molecule has 4 rings (SSSR count). The zero-order chi connectivity index (χ0) is 22.5. The van der Waals surface area contributed by atoms with Crippen molar-refractivity contribution in [3.8, 4) is 5.75 Å². The van der Waals surface area contributed by atoms with E-state index in [9.17, 15) is 4.79 Å². The van der Waals surface area contributed by atoms with Gasteiger partial charge in [-0.1, -0.05) is 58.0 Å². The SMILES string of the molecule is CC(C)Oc1ccc(Br)c(CC2CCN(CC3CN(Cc4ccccc4)C(=O)S3)CC2)c1. The van der Waals surface area contributed by atoms with Crippen molar-refractivity contribution in [1.29, 1.82) is 0 Å². The third-order valence-corrected chi connectivity index (χ3v) is 8.10. The molecule has 1 atom stereocenters. The molecule has 2 aliphatic heterocycles. The normalized spacial score (nSPS) is 20.3. The number of halogens is 1. The molecule has 172 valence electrons. The van der Waals surface area contributed by atoms with Gasteiger partial charge < -0.3 is 14.5 Å². The molecule has 0 N–H and O–H groups in total. The lowest BCUT2D eigenvalue weighted by atomic mass is 9.90. The zero-order valence-electron chi connectivity index (χ0n) is 19.0. The first kappa shape index (κ1) is 23.7. The maximum absolute atomic E-state index is 12.5. The van der Waals surface area contributed by atoms with Gasteiger partial charge in [0.15, 0.2) is 0 Å². The number of likely N-dealkylation sites (tertiary alicyclic amines) is 1. The van der Waals surface area contributed by atoms with Crippen LogP contribution in [-0.4, -0.2) is 52.6 Å². The predicted molar refractivity (Wildman–Crippen MR) is 136 cm³/mol. The van der Waals surface area contributed by atoms with Gasteiger partial charge in [0.05, 0.1) is 6.10 Å². The summed E-state index contributed by atoms with van der Waals surface area (Å²) in [5.41, 5.74) is 2.55. The number of rotatable bonds is 8. The van der Waals surface area contributed by atoms with Crippen LogP contribution < -0.4 is 4.74 Å². The topological polar surface area (TPSA) is 32.8 Å². The van der Waals surface area contributed by atoms with Crippen LogP contribution in [-0.2, 0) is 13.0 Å². The second kappa shape index (κ2) is 11.1. The van der Waals surface area contributed by atoms with Crippen molar-refractivity contribution in [1.82, 2.24) is 9.80 Å². The lowest BCUT2D eigenvalue weighted by Gasteiger charge is -2.33. The van der Waals surface area contributed by atoms with Gasteiger partial charge in [-0.2, -0.15) is 0 Å². The number of carbonyl (C=O) groups is 1. The molecular weight excluding hydrogens is 484 g/mol. The van der Waals surface area contributed by atoms with Gasteiger partial charge in [-0.05, 0) is 81.4 Å². The number of hydrogen-bond donors (Lipinski definition) is 0. The first-order chi connectivity index (χ1) is 15.5. The van der Waals surface area contributed by atoms with E-state index in [2.05, 4.69) is 58.9 Å². The fourth-order valence-electron chi connectivity index (χ4n) is 4.63. The summed E-state index contributed by atoms with van der Waals surface area (Å²) in [4.78, 5) is 17.0. The number of piperidine rings is 1. The van der Waals surface area contributed by atoms with Crippen LogP contribution in [0.2, 0.25) is 0 Å². The van der Waals surface area contributed by atoms with E-state index in [0.29, 0.717) is 11.2 Å². The average molecular weight is 518 g/mol. The summed E-state index contributed by atoms with van der Waals surface area (Å²) in [5.74, 6) is 1.66. The molecule has 2 aliphatic rings. The van der Waals surface area contributed by atoms with Gasteiger partial charge in [-0.25, -0.2) is 0 Å². The van der Waals surface area contributed by atoms with Crippen LogP contribution in [0.5, 0.6) is 5.75 Å². The third kappa shape index (κ3) is 6.52. The van der Waals surface area contributed by atoms with E-state index >= 15 is 0 Å². The first-order valence-corrected chi connectivity index (χ1v) is 13.3. The number of carbonyl (C=O) groups excluding carboxylic acids is 1. The number of thioether (sulfide) groups is 1. The zero-order valence-corrected chi connectivity index (χ0v) is 21.4. The Morgan fingerprint density at radius 2 is 1.88 bits per heavy atom. The molecule has 1 unspecified atom stereocenters. The molecule has 4 nitrogen and oxygen atoms in total. The van der Waals surface area contributed by atoms with Gasteiger partial charge in [-0.15, -0.1) is 0 Å². The van der Waals surface area contributed by atoms with Crippen molar-refractivity contribution in [2.45, 2.75) is 51.0 Å². The number of ether oxygens (including phenoxy) is 1. The number of amides is 1. The molecule has 6 heteroatoms. The van der Waals surface area contributed by atoms with Crippen molar-refractivity contribution in [2.24, 2.45) is 5.92 Å². The van der Waals surface area contributed by atoms with Crippen LogP contribution in [0.15, 0.2) is 53.0 Å². The maximum Gasteiger partial charge on any atom is 0.282 e. The van der Waals surface area contributed by atoms with E-state index < -0.39 is 0 Å². The van der Waals surface area contributed by atoms with Crippen molar-refractivity contribution >= 4 is 32.9 Å². The van der Waals surface area contributed by atoms with Crippen molar-refractivity contribution in [3.63, 3.8) is 0 Å². The van der Waals surface area contributed by atoms with E-state index in [4.69, 9.17) is 4.74 Å². The lowest BCUT2D eigenvalue weighted by molar-refractivity contribution is 0.179. The molecule has 0 spiro atoms. The van der Waals surface area contributed by atoms with Crippen LogP contribution in [0, 0.1) is 5.92 Å². The molecular formula is C26H33BrN2O2S. The van der Waals surface area contributed by atoms with Gasteiger partial charge in [-0.3, -0.25) is 4.79 Å². The smallest absolute Gasteiger partial charge is 0.282 e. The average Bonchev–Trinajstić information content (AvgIpc) is 3.11. The van der Waals surface area contributed by atoms with Crippen LogP contribution in [0.25, 0.3) is 0 Å². The fourth-order valence-corrected chi connectivity index (χ4v) is 6.15. The highest BCUT2D eigenvalue weighted by molar-refractivity contribution is 9.10. The van der Waals surface area contributed by atoms with Gasteiger partial charge in [0, 0.05) is 29.4 Å². The highest BCUT2D eigenvalue weighted by Gasteiger charge is 2.32. The van der Waals surface area contributed by atoms with Crippen LogP contribution in [0.4, 0.5) is 4.79 Å². The summed E-state index contributed by atoms with van der Waals surface area (Å²) in [5, 5.41) is 0.601. The molecule has 2 heterocycles. The molecule has 0 saturated carbocycles. The first-order valence-electron chi connectivity index (χ1n) is 11.6. The fraction of sp³-hybridized carbons (Fsp3) is 0.500. The third-order valence-electron chi connectivity index (χ3n) is 6.23. The standard InChI is InChI=1S/C26H33BrN2O2S/c1-19(2)31-23-8-9-25(27)22(15-23)14-20-10-12-28(13-11-20)17-24-18-29(26(30)32-24)16-21-6-4-3-5-7-21/h3-9,15,19-20,24H,10-14,16-18H2,1-2H3. The summed E-state index contributed by atoms with van der Waals surface area (Å²) < 4.78 is 7.06. The maximum atomic E-state index is 12.5. The summed E-state index contributed by atoms with van der Waals surface area (Å²) in [6.07, 6.45) is 3.70. The van der Waals surface area contributed by atoms with E-state index in [-0.39, 0.29) is 11.3 Å². The number of benzene rings is 2. The second-order valence-electron chi connectivity index (χ2n) is 9.24. The summed E-state index contributed by atoms with van der Waals surface area (Å²) in [6.45, 7) is 8.95. The Balaban J connectivity index is 1.24. The minimum atomic E-state index is 0.191. The minimum absolute atomic E-state index is 0.191. The molecule has 32 heavy (non-hydrogen) atoms. The van der Waals surface area contributed by atoms with E-state index in [1.165, 1.54) is 40.2 Å². The molecule has 2 aromatic rings. The van der Waals surface area contributed by atoms with Crippen LogP contribution >= 0.6 is 27.7 Å². The Morgan fingerprint density at radius 3 is 2.59 bits per heavy atom. The Labute approximate surface area is 204 Å². The number of hydrogen-bond acceptors (Lipinski definition) is 4. The molecule has 0 aromatic heterocycles. The van der Waals surface area contributed by atoms with E-state index in [1.54, 1.807) is 0 Å². The van der Waals surface area contributed by atoms with E-state index in [0.717, 1.165) is 44.9 Å². The predicted octanol–water partition coefficient (Wildman–Crippen LogP) is 6.23. The molecule has 2 aromatic carbocycles. The Morgan fingerprint density at radius 1 is 1.12 bits per heavy atom. The Kier molecular flexibility index (Phi) is 8.19. The highest BCUT2D eigenvalue weighted by atomic mass is 79.9. The largest absolute Gasteiger partial charge is 0.491 e. The molecule has 0 aliphatic carbocycles. The molecule has 2 saturated heterocycles. The van der Waals surface area contributed by atoms with Crippen molar-refractivity contribution < 1.29 is 9.53 Å². The van der Waals surface area contributed by atoms with Gasteiger partial charge in [0.25, 0.3) is 5.24 Å². The Bertz CT molecular complexity index is 900. The quantitative estimate of drug-likeness (QED) is 0.416. The van der Waals surface area contributed by atoms with Crippen LogP contribution in [0.1, 0.15) is 37.8 Å². The van der Waals surface area contributed by atoms with Gasteiger partial charge >= 0.3 is 0 Å². The molecule has 0 radical (unpaired) electrons.